The van der Waals surface area contributed by atoms with Crippen LogP contribution < -0.4 is 11.1 Å². The number of aryl methyl sites for hydroxylation is 1. The van der Waals surface area contributed by atoms with Gasteiger partial charge in [-0.3, -0.25) is 5.10 Å². The molecule has 72 valence electrons. The molecular formula is C9H16N4. The lowest BCUT2D eigenvalue weighted by Gasteiger charge is -2.23. The summed E-state index contributed by atoms with van der Waals surface area (Å²) in [6.07, 6.45) is 3.72. The van der Waals surface area contributed by atoms with Crippen LogP contribution in [-0.4, -0.2) is 16.7 Å². The average Bonchev–Trinajstić information content (AvgIpc) is 2.48. The molecule has 1 unspecified atom stereocenters. The van der Waals surface area contributed by atoms with E-state index >= 15 is 0 Å². The number of nitrogen functional groups attached to an aromatic ring is 1. The van der Waals surface area contributed by atoms with Gasteiger partial charge in [0.2, 0.25) is 0 Å². The molecule has 1 aliphatic rings. The number of nitrogens with zero attached hydrogens (tertiary/aromatic N) is 1. The van der Waals surface area contributed by atoms with Crippen molar-refractivity contribution in [2.45, 2.75) is 32.2 Å². The molecule has 0 amide bonds. The molecule has 0 aliphatic carbocycles. The lowest BCUT2D eigenvalue weighted by atomic mass is 9.97. The number of nitrogens with one attached hydrogen (secondary N) is 2. The lowest BCUT2D eigenvalue weighted by Crippen LogP contribution is -2.27. The minimum Gasteiger partial charge on any atom is -0.382 e. The van der Waals surface area contributed by atoms with Gasteiger partial charge in [0.05, 0.1) is 0 Å². The zero-order chi connectivity index (χ0) is 9.26. The summed E-state index contributed by atoms with van der Waals surface area (Å²) in [4.78, 5) is 0. The van der Waals surface area contributed by atoms with Crippen molar-refractivity contribution in [3.8, 4) is 0 Å². The van der Waals surface area contributed by atoms with Gasteiger partial charge < -0.3 is 11.1 Å². The number of anilines is 1. The maximum Gasteiger partial charge on any atom is 0.150 e. The number of hydrogen-bond donors (Lipinski definition) is 3. The maximum absolute atomic E-state index is 5.79. The Hall–Kier alpha value is -1.03. The van der Waals surface area contributed by atoms with Crippen LogP contribution in [-0.2, 0) is 0 Å². The van der Waals surface area contributed by atoms with Crippen LogP contribution in [0.2, 0.25) is 0 Å². The van der Waals surface area contributed by atoms with Gasteiger partial charge in [-0.15, -0.1) is 0 Å². The molecule has 1 atom stereocenters. The van der Waals surface area contributed by atoms with E-state index in [1.807, 2.05) is 6.92 Å². The Morgan fingerprint density at radius 1 is 1.46 bits per heavy atom. The monoisotopic (exact) mass is 180 g/mol. The van der Waals surface area contributed by atoms with E-state index in [9.17, 15) is 0 Å². The van der Waals surface area contributed by atoms with Crippen molar-refractivity contribution in [2.75, 3.05) is 12.3 Å². The molecule has 0 bridgehead atoms. The standard InChI is InChI=1S/C9H16N4/c1-6-8(9(10)13-12-6)7-4-2-3-5-11-7/h7,11H,2-5H2,1H3,(H3,10,12,13). The van der Waals surface area contributed by atoms with Gasteiger partial charge in [0.25, 0.3) is 0 Å². The Morgan fingerprint density at radius 3 is 2.85 bits per heavy atom. The Morgan fingerprint density at radius 2 is 2.31 bits per heavy atom. The molecule has 0 aromatic carbocycles. The Labute approximate surface area is 77.9 Å². The SMILES string of the molecule is Cc1[nH]nc(N)c1C1CCCCN1. The second-order valence-corrected chi connectivity index (χ2v) is 3.65. The third-order valence-corrected chi connectivity index (χ3v) is 2.68. The molecule has 1 saturated heterocycles. The zero-order valence-corrected chi connectivity index (χ0v) is 7.93. The van der Waals surface area contributed by atoms with Gasteiger partial charge >= 0.3 is 0 Å². The summed E-state index contributed by atoms with van der Waals surface area (Å²) >= 11 is 0. The van der Waals surface area contributed by atoms with E-state index in [4.69, 9.17) is 5.73 Å². The van der Waals surface area contributed by atoms with Gasteiger partial charge in [-0.2, -0.15) is 5.10 Å². The van der Waals surface area contributed by atoms with Crippen molar-refractivity contribution in [3.63, 3.8) is 0 Å². The molecule has 13 heavy (non-hydrogen) atoms. The van der Waals surface area contributed by atoms with E-state index in [-0.39, 0.29) is 0 Å². The fourth-order valence-electron chi connectivity index (χ4n) is 1.99. The van der Waals surface area contributed by atoms with Crippen molar-refractivity contribution >= 4 is 5.82 Å². The van der Waals surface area contributed by atoms with Crippen molar-refractivity contribution in [1.82, 2.24) is 15.5 Å². The summed E-state index contributed by atoms with van der Waals surface area (Å²) in [6.45, 7) is 3.11. The predicted molar refractivity (Wildman–Crippen MR) is 52.3 cm³/mol. The fourth-order valence-corrected chi connectivity index (χ4v) is 1.99. The number of nitrogens with two attached hydrogens (primary N) is 1. The number of aromatic nitrogens is 2. The van der Waals surface area contributed by atoms with Crippen LogP contribution in [0.25, 0.3) is 0 Å². The lowest BCUT2D eigenvalue weighted by molar-refractivity contribution is 0.412. The molecule has 0 saturated carbocycles. The number of piperidine rings is 1. The molecule has 1 aromatic rings. The topological polar surface area (TPSA) is 66.7 Å². The average molecular weight is 180 g/mol. The van der Waals surface area contributed by atoms with Crippen molar-refractivity contribution in [1.29, 1.82) is 0 Å². The minimum atomic E-state index is 0.410. The molecular weight excluding hydrogens is 164 g/mol. The van der Waals surface area contributed by atoms with Crippen molar-refractivity contribution in [2.24, 2.45) is 0 Å². The second-order valence-electron chi connectivity index (χ2n) is 3.65. The summed E-state index contributed by atoms with van der Waals surface area (Å²) < 4.78 is 0. The fraction of sp³-hybridized carbons (Fsp3) is 0.667. The molecule has 0 spiro atoms. The van der Waals surface area contributed by atoms with E-state index in [2.05, 4.69) is 15.5 Å². The smallest absolute Gasteiger partial charge is 0.150 e. The van der Waals surface area contributed by atoms with Gasteiger partial charge in [-0.1, -0.05) is 6.42 Å². The Kier molecular flexibility index (Phi) is 2.22. The largest absolute Gasteiger partial charge is 0.382 e. The predicted octanol–water partition coefficient (Wildman–Crippen LogP) is 1.11. The van der Waals surface area contributed by atoms with Gasteiger partial charge in [-0.05, 0) is 26.3 Å². The normalized spacial score (nSPS) is 23.3. The first-order valence-electron chi connectivity index (χ1n) is 4.83. The molecule has 0 radical (unpaired) electrons. The summed E-state index contributed by atoms with van der Waals surface area (Å²) in [6, 6.07) is 0.410. The highest BCUT2D eigenvalue weighted by atomic mass is 15.2. The van der Waals surface area contributed by atoms with Crippen LogP contribution in [0, 0.1) is 6.92 Å². The second kappa shape index (κ2) is 3.38. The van der Waals surface area contributed by atoms with Crippen LogP contribution in [0.15, 0.2) is 0 Å². The van der Waals surface area contributed by atoms with E-state index < -0.39 is 0 Å². The van der Waals surface area contributed by atoms with Gasteiger partial charge in [0.1, 0.15) is 5.82 Å². The van der Waals surface area contributed by atoms with Crippen LogP contribution >= 0.6 is 0 Å². The summed E-state index contributed by atoms with van der Waals surface area (Å²) in [5.74, 6) is 0.650. The molecule has 4 heteroatoms. The molecule has 4 N–H and O–H groups in total. The number of rotatable bonds is 1. The minimum absolute atomic E-state index is 0.410. The maximum atomic E-state index is 5.79. The van der Waals surface area contributed by atoms with E-state index in [0.717, 1.165) is 12.2 Å². The quantitative estimate of drug-likeness (QED) is 0.606. The first-order chi connectivity index (χ1) is 6.29. The summed E-state index contributed by atoms with van der Waals surface area (Å²) in [7, 11) is 0. The molecule has 4 nitrogen and oxygen atoms in total. The number of aromatic amines is 1. The van der Waals surface area contributed by atoms with Gasteiger partial charge in [-0.25, -0.2) is 0 Å². The van der Waals surface area contributed by atoms with Crippen LogP contribution in [0.5, 0.6) is 0 Å². The van der Waals surface area contributed by atoms with E-state index in [0.29, 0.717) is 11.9 Å². The van der Waals surface area contributed by atoms with Gasteiger partial charge in [0, 0.05) is 17.3 Å². The third kappa shape index (κ3) is 1.54. The van der Waals surface area contributed by atoms with Crippen LogP contribution in [0.4, 0.5) is 5.82 Å². The number of H-pyrrole nitrogens is 1. The number of hydrogen-bond acceptors (Lipinski definition) is 3. The third-order valence-electron chi connectivity index (χ3n) is 2.68. The molecule has 2 heterocycles. The van der Waals surface area contributed by atoms with Crippen molar-refractivity contribution in [3.05, 3.63) is 11.3 Å². The summed E-state index contributed by atoms with van der Waals surface area (Å²) in [5.41, 5.74) is 8.05. The summed E-state index contributed by atoms with van der Waals surface area (Å²) in [5, 5.41) is 10.4. The van der Waals surface area contributed by atoms with Crippen molar-refractivity contribution < 1.29 is 0 Å². The molecule has 2 rings (SSSR count). The molecule has 1 aromatic heterocycles. The van der Waals surface area contributed by atoms with E-state index in [1.165, 1.54) is 24.8 Å². The Bertz CT molecular complexity index is 266. The molecule has 1 aliphatic heterocycles. The Balaban J connectivity index is 2.22. The van der Waals surface area contributed by atoms with Crippen LogP contribution in [0.3, 0.4) is 0 Å². The van der Waals surface area contributed by atoms with Gasteiger partial charge in [0.15, 0.2) is 0 Å². The first-order valence-corrected chi connectivity index (χ1v) is 4.83. The van der Waals surface area contributed by atoms with Crippen LogP contribution in [0.1, 0.15) is 36.6 Å². The van der Waals surface area contributed by atoms with E-state index in [1.54, 1.807) is 0 Å². The molecule has 1 fully saturated rings. The highest BCUT2D eigenvalue weighted by molar-refractivity contribution is 5.44. The first kappa shape index (κ1) is 8.56. The highest BCUT2D eigenvalue weighted by Gasteiger charge is 2.20. The highest BCUT2D eigenvalue weighted by Crippen LogP contribution is 2.28. The zero-order valence-electron chi connectivity index (χ0n) is 7.93.